The first-order chi connectivity index (χ1) is 9.08. The van der Waals surface area contributed by atoms with Gasteiger partial charge in [0, 0.05) is 5.56 Å². The van der Waals surface area contributed by atoms with E-state index in [0.717, 1.165) is 22.3 Å². The van der Waals surface area contributed by atoms with Crippen LogP contribution in [0, 0.1) is 36.5 Å². The predicted octanol–water partition coefficient (Wildman–Crippen LogP) is 3.30. The Bertz CT molecular complexity index is 731. The molecule has 2 aromatic rings. The fraction of sp³-hybridized carbons (Fsp3) is 0.125. The fourth-order valence-electron chi connectivity index (χ4n) is 2.15. The Kier molecular flexibility index (Phi) is 3.23. The number of rotatable bonds is 1. The molecule has 2 rings (SSSR count). The molecule has 3 nitrogen and oxygen atoms in total. The Hall–Kier alpha value is -2.78. The van der Waals surface area contributed by atoms with Gasteiger partial charge in [0.25, 0.3) is 0 Å². The number of hydrogen-bond acceptors (Lipinski definition) is 3. The van der Waals surface area contributed by atoms with E-state index < -0.39 is 0 Å². The molecule has 2 aromatic carbocycles. The van der Waals surface area contributed by atoms with Crippen LogP contribution in [0.5, 0.6) is 0 Å². The summed E-state index contributed by atoms with van der Waals surface area (Å²) in [6, 6.07) is 13.9. The van der Waals surface area contributed by atoms with Crippen molar-refractivity contribution < 1.29 is 0 Å². The van der Waals surface area contributed by atoms with Gasteiger partial charge in [0.05, 0.1) is 16.8 Å². The average molecular weight is 247 g/mol. The second-order valence-corrected chi connectivity index (χ2v) is 4.50. The van der Waals surface area contributed by atoms with Crippen LogP contribution in [-0.4, -0.2) is 0 Å². The minimum Gasteiger partial charge on any atom is -0.397 e. The van der Waals surface area contributed by atoms with Crippen molar-refractivity contribution in [2.75, 3.05) is 5.73 Å². The van der Waals surface area contributed by atoms with Crippen LogP contribution < -0.4 is 5.73 Å². The lowest BCUT2D eigenvalue weighted by Gasteiger charge is -2.11. The quantitative estimate of drug-likeness (QED) is 0.786. The highest BCUT2D eigenvalue weighted by Crippen LogP contribution is 2.32. The predicted molar refractivity (Wildman–Crippen MR) is 75.2 cm³/mol. The summed E-state index contributed by atoms with van der Waals surface area (Å²) in [5.74, 6) is 0. The molecule has 0 unspecified atom stereocenters. The molecule has 92 valence electrons. The van der Waals surface area contributed by atoms with Crippen LogP contribution in [0.4, 0.5) is 5.69 Å². The monoisotopic (exact) mass is 247 g/mol. The second-order valence-electron chi connectivity index (χ2n) is 4.50. The third kappa shape index (κ3) is 2.14. The Morgan fingerprint density at radius 1 is 1.00 bits per heavy atom. The van der Waals surface area contributed by atoms with E-state index in [9.17, 15) is 5.26 Å². The Balaban J connectivity index is 2.80. The van der Waals surface area contributed by atoms with Crippen molar-refractivity contribution in [1.82, 2.24) is 0 Å². The Labute approximate surface area is 112 Å². The van der Waals surface area contributed by atoms with E-state index in [1.165, 1.54) is 0 Å². The molecule has 3 heteroatoms. The van der Waals surface area contributed by atoms with Crippen LogP contribution in [0.25, 0.3) is 11.1 Å². The molecule has 0 heterocycles. The van der Waals surface area contributed by atoms with E-state index >= 15 is 0 Å². The fourth-order valence-corrected chi connectivity index (χ4v) is 2.15. The van der Waals surface area contributed by atoms with Gasteiger partial charge in [-0.2, -0.15) is 10.5 Å². The van der Waals surface area contributed by atoms with Crippen LogP contribution >= 0.6 is 0 Å². The molecule has 0 amide bonds. The van der Waals surface area contributed by atoms with Crippen molar-refractivity contribution in [2.45, 2.75) is 13.8 Å². The van der Waals surface area contributed by atoms with Crippen molar-refractivity contribution >= 4 is 5.69 Å². The molecule has 0 aromatic heterocycles. The van der Waals surface area contributed by atoms with Crippen molar-refractivity contribution in [1.29, 1.82) is 10.5 Å². The molecule has 19 heavy (non-hydrogen) atoms. The number of nitrogens with two attached hydrogens (primary N) is 1. The molecule has 2 N–H and O–H groups in total. The van der Waals surface area contributed by atoms with Crippen LogP contribution in [-0.2, 0) is 0 Å². The summed E-state index contributed by atoms with van der Waals surface area (Å²) < 4.78 is 0. The van der Waals surface area contributed by atoms with Gasteiger partial charge in [-0.15, -0.1) is 0 Å². The third-order valence-corrected chi connectivity index (χ3v) is 3.12. The summed E-state index contributed by atoms with van der Waals surface area (Å²) in [5, 5.41) is 18.4. The Morgan fingerprint density at radius 3 is 2.26 bits per heavy atom. The number of nitrogens with zero attached hydrogens (tertiary/aromatic N) is 2. The van der Waals surface area contributed by atoms with E-state index in [1.807, 2.05) is 44.2 Å². The first-order valence-electron chi connectivity index (χ1n) is 5.88. The number of anilines is 1. The number of hydrogen-bond donors (Lipinski definition) is 1. The highest BCUT2D eigenvalue weighted by molar-refractivity contribution is 5.81. The van der Waals surface area contributed by atoms with Gasteiger partial charge < -0.3 is 5.73 Å². The van der Waals surface area contributed by atoms with Gasteiger partial charge in [-0.05, 0) is 31.0 Å². The van der Waals surface area contributed by atoms with Crippen molar-refractivity contribution in [3.63, 3.8) is 0 Å². The highest BCUT2D eigenvalue weighted by Gasteiger charge is 2.14. The zero-order chi connectivity index (χ0) is 14.0. The SMILES string of the molecule is Cc1cccc(-c2cc(C)c(C#N)c(N)c2C#N)c1. The van der Waals surface area contributed by atoms with Crippen LogP contribution in [0.1, 0.15) is 22.3 Å². The first kappa shape index (κ1) is 12.7. The number of nitrogen functional groups attached to an aromatic ring is 1. The van der Waals surface area contributed by atoms with Crippen LogP contribution in [0.3, 0.4) is 0 Å². The van der Waals surface area contributed by atoms with E-state index in [4.69, 9.17) is 11.0 Å². The largest absolute Gasteiger partial charge is 0.397 e. The lowest BCUT2D eigenvalue weighted by Crippen LogP contribution is -2.00. The molecular formula is C16H13N3. The maximum Gasteiger partial charge on any atom is 0.102 e. The van der Waals surface area contributed by atoms with Gasteiger partial charge >= 0.3 is 0 Å². The standard InChI is InChI=1S/C16H13N3/c1-10-4-3-5-12(6-10)13-7-11(2)14(8-17)16(19)15(13)9-18/h3-7H,19H2,1-2H3. The summed E-state index contributed by atoms with van der Waals surface area (Å²) in [4.78, 5) is 0. The zero-order valence-corrected chi connectivity index (χ0v) is 10.9. The summed E-state index contributed by atoms with van der Waals surface area (Å²) in [5.41, 5.74) is 10.6. The molecule has 0 atom stereocenters. The number of benzene rings is 2. The minimum absolute atomic E-state index is 0.265. The topological polar surface area (TPSA) is 73.6 Å². The highest BCUT2D eigenvalue weighted by atomic mass is 14.6. The van der Waals surface area contributed by atoms with Gasteiger partial charge in [0.15, 0.2) is 0 Å². The first-order valence-corrected chi connectivity index (χ1v) is 5.88. The van der Waals surface area contributed by atoms with Crippen LogP contribution in [0.15, 0.2) is 30.3 Å². The maximum atomic E-state index is 9.30. The van der Waals surface area contributed by atoms with Crippen molar-refractivity contribution in [2.24, 2.45) is 0 Å². The summed E-state index contributed by atoms with van der Waals surface area (Å²) >= 11 is 0. The van der Waals surface area contributed by atoms with Gasteiger partial charge in [-0.3, -0.25) is 0 Å². The summed E-state index contributed by atoms with van der Waals surface area (Å²) in [7, 11) is 0. The van der Waals surface area contributed by atoms with Crippen molar-refractivity contribution in [3.8, 4) is 23.3 Å². The maximum absolute atomic E-state index is 9.30. The molecule has 0 saturated heterocycles. The number of aryl methyl sites for hydroxylation is 2. The van der Waals surface area contributed by atoms with Gasteiger partial charge in [0.2, 0.25) is 0 Å². The second kappa shape index (κ2) is 4.84. The normalized spacial score (nSPS) is 9.68. The molecule has 0 bridgehead atoms. The van der Waals surface area contributed by atoms with Gasteiger partial charge in [-0.25, -0.2) is 0 Å². The molecule has 0 radical (unpaired) electrons. The third-order valence-electron chi connectivity index (χ3n) is 3.12. The zero-order valence-electron chi connectivity index (χ0n) is 10.9. The summed E-state index contributed by atoms with van der Waals surface area (Å²) in [6.45, 7) is 3.82. The molecule has 0 aliphatic carbocycles. The molecule has 0 fully saturated rings. The average Bonchev–Trinajstić information content (AvgIpc) is 2.38. The lowest BCUT2D eigenvalue weighted by molar-refractivity contribution is 1.37. The van der Waals surface area contributed by atoms with E-state index in [0.29, 0.717) is 11.1 Å². The molecule has 0 aliphatic rings. The molecule has 0 spiro atoms. The molecular weight excluding hydrogens is 234 g/mol. The smallest absolute Gasteiger partial charge is 0.102 e. The van der Waals surface area contributed by atoms with Gasteiger partial charge in [-0.1, -0.05) is 29.8 Å². The van der Waals surface area contributed by atoms with E-state index in [-0.39, 0.29) is 5.69 Å². The summed E-state index contributed by atoms with van der Waals surface area (Å²) in [6.07, 6.45) is 0. The van der Waals surface area contributed by atoms with Gasteiger partial charge in [0.1, 0.15) is 12.1 Å². The minimum atomic E-state index is 0.265. The Morgan fingerprint density at radius 2 is 1.68 bits per heavy atom. The lowest BCUT2D eigenvalue weighted by atomic mass is 9.92. The molecule has 0 saturated carbocycles. The molecule has 0 aliphatic heterocycles. The van der Waals surface area contributed by atoms with Crippen LogP contribution in [0.2, 0.25) is 0 Å². The van der Waals surface area contributed by atoms with Crippen molar-refractivity contribution in [3.05, 3.63) is 52.6 Å². The number of nitriles is 2. The van der Waals surface area contributed by atoms with E-state index in [1.54, 1.807) is 0 Å². The van der Waals surface area contributed by atoms with E-state index in [2.05, 4.69) is 12.1 Å².